The van der Waals surface area contributed by atoms with Gasteiger partial charge >= 0.3 is 0 Å². The van der Waals surface area contributed by atoms with Gasteiger partial charge in [0.2, 0.25) is 0 Å². The fraction of sp³-hybridized carbons (Fsp3) is 0.333. The molecule has 0 aromatic heterocycles. The average Bonchev–Trinajstić information content (AvgIpc) is 2.46. The summed E-state index contributed by atoms with van der Waals surface area (Å²) in [4.78, 5) is 0. The third-order valence-corrected chi connectivity index (χ3v) is 4.44. The number of likely N-dealkylation sites (N-methyl/N-ethyl adjacent to an activating group) is 1. The second kappa shape index (κ2) is 7.05. The molecule has 0 fully saturated rings. The number of benzene rings is 2. The number of halogens is 1. The number of hydrogen-bond donors (Lipinski definition) is 1. The van der Waals surface area contributed by atoms with Gasteiger partial charge in [-0.1, -0.05) is 59.3 Å². The summed E-state index contributed by atoms with van der Waals surface area (Å²) in [7, 11) is 2.03. The molecular weight excluding hydrogens is 310 g/mol. The van der Waals surface area contributed by atoms with E-state index in [-0.39, 0.29) is 0 Å². The molecule has 1 atom stereocenters. The van der Waals surface area contributed by atoms with Crippen molar-refractivity contribution in [3.8, 4) is 0 Å². The molecule has 0 aliphatic rings. The molecule has 0 amide bonds. The van der Waals surface area contributed by atoms with Gasteiger partial charge < -0.3 is 5.32 Å². The Hall–Kier alpha value is -1.12. The Labute approximate surface area is 130 Å². The lowest BCUT2D eigenvalue weighted by atomic mass is 9.97. The Morgan fingerprint density at radius 2 is 1.70 bits per heavy atom. The zero-order valence-electron chi connectivity index (χ0n) is 12.4. The van der Waals surface area contributed by atoms with E-state index in [0.717, 1.165) is 12.8 Å². The molecular formula is C18H22BrN. The van der Waals surface area contributed by atoms with Gasteiger partial charge in [-0.15, -0.1) is 0 Å². The van der Waals surface area contributed by atoms with Crippen molar-refractivity contribution in [1.82, 2.24) is 5.32 Å². The van der Waals surface area contributed by atoms with Gasteiger partial charge in [0.25, 0.3) is 0 Å². The molecule has 0 aliphatic carbocycles. The molecule has 2 rings (SSSR count). The van der Waals surface area contributed by atoms with Gasteiger partial charge in [0, 0.05) is 10.5 Å². The van der Waals surface area contributed by atoms with Crippen LogP contribution in [0.1, 0.15) is 35.2 Å². The quantitative estimate of drug-likeness (QED) is 0.827. The second-order valence-electron chi connectivity index (χ2n) is 5.24. The fourth-order valence-corrected chi connectivity index (χ4v) is 3.20. The molecule has 2 aromatic rings. The maximum atomic E-state index is 3.68. The highest BCUT2D eigenvalue weighted by atomic mass is 79.9. The molecule has 1 unspecified atom stereocenters. The van der Waals surface area contributed by atoms with Crippen LogP contribution in [0.2, 0.25) is 0 Å². The van der Waals surface area contributed by atoms with E-state index >= 15 is 0 Å². The number of nitrogens with one attached hydrogen (secondary N) is 1. The van der Waals surface area contributed by atoms with Crippen LogP contribution in [-0.2, 0) is 12.8 Å². The lowest BCUT2D eigenvalue weighted by Gasteiger charge is -2.19. The topological polar surface area (TPSA) is 12.0 Å². The van der Waals surface area contributed by atoms with Crippen molar-refractivity contribution in [3.63, 3.8) is 0 Å². The minimum atomic E-state index is 0.331. The molecule has 20 heavy (non-hydrogen) atoms. The maximum Gasteiger partial charge on any atom is 0.0369 e. The minimum absolute atomic E-state index is 0.331. The van der Waals surface area contributed by atoms with Crippen molar-refractivity contribution in [3.05, 3.63) is 69.2 Å². The third-order valence-electron chi connectivity index (χ3n) is 3.75. The highest BCUT2D eigenvalue weighted by Crippen LogP contribution is 2.27. The fourth-order valence-electron chi connectivity index (χ4n) is 2.43. The standard InChI is InChI=1S/C18H22BrN/c1-4-14-6-8-15(9-7-14)12-18(20-3)16-10-5-13(2)11-17(16)19/h5-11,18,20H,4,12H2,1-3H3. The Morgan fingerprint density at radius 1 is 1.05 bits per heavy atom. The van der Waals surface area contributed by atoms with Gasteiger partial charge in [-0.05, 0) is 55.1 Å². The molecule has 1 N–H and O–H groups in total. The Morgan fingerprint density at radius 3 is 2.25 bits per heavy atom. The van der Waals surface area contributed by atoms with Crippen LogP contribution in [0.15, 0.2) is 46.9 Å². The molecule has 0 spiro atoms. The Bertz CT molecular complexity index is 560. The highest BCUT2D eigenvalue weighted by Gasteiger charge is 2.13. The molecule has 0 saturated carbocycles. The van der Waals surface area contributed by atoms with Gasteiger partial charge in [-0.3, -0.25) is 0 Å². The molecule has 0 radical (unpaired) electrons. The molecule has 0 bridgehead atoms. The van der Waals surface area contributed by atoms with Crippen LogP contribution in [0.3, 0.4) is 0 Å². The Balaban J connectivity index is 2.19. The second-order valence-corrected chi connectivity index (χ2v) is 6.09. The summed E-state index contributed by atoms with van der Waals surface area (Å²) in [5, 5.41) is 3.43. The summed E-state index contributed by atoms with van der Waals surface area (Å²) in [6, 6.07) is 15.8. The summed E-state index contributed by atoms with van der Waals surface area (Å²) < 4.78 is 1.18. The largest absolute Gasteiger partial charge is 0.313 e. The molecule has 106 valence electrons. The number of aryl methyl sites for hydroxylation is 2. The summed E-state index contributed by atoms with van der Waals surface area (Å²) in [6.07, 6.45) is 2.10. The van der Waals surface area contributed by atoms with Crippen LogP contribution in [-0.4, -0.2) is 7.05 Å². The normalized spacial score (nSPS) is 12.4. The summed E-state index contributed by atoms with van der Waals surface area (Å²) >= 11 is 3.68. The van der Waals surface area contributed by atoms with Gasteiger partial charge in [-0.25, -0.2) is 0 Å². The zero-order valence-corrected chi connectivity index (χ0v) is 14.0. The van der Waals surface area contributed by atoms with Crippen LogP contribution in [0.5, 0.6) is 0 Å². The van der Waals surface area contributed by atoms with Crippen molar-refractivity contribution < 1.29 is 0 Å². The maximum absolute atomic E-state index is 3.68. The van der Waals surface area contributed by atoms with E-state index < -0.39 is 0 Å². The van der Waals surface area contributed by atoms with Crippen molar-refractivity contribution in [2.75, 3.05) is 7.05 Å². The van der Waals surface area contributed by atoms with Gasteiger partial charge in [0.1, 0.15) is 0 Å². The molecule has 2 heteroatoms. The van der Waals surface area contributed by atoms with Crippen LogP contribution in [0.25, 0.3) is 0 Å². The molecule has 1 nitrogen and oxygen atoms in total. The van der Waals surface area contributed by atoms with Crippen molar-refractivity contribution >= 4 is 15.9 Å². The predicted molar refractivity (Wildman–Crippen MR) is 90.2 cm³/mol. The summed E-state index contributed by atoms with van der Waals surface area (Å²) in [5.41, 5.74) is 5.36. The van der Waals surface area contributed by atoms with Crippen LogP contribution >= 0.6 is 15.9 Å². The van der Waals surface area contributed by atoms with Crippen LogP contribution < -0.4 is 5.32 Å². The van der Waals surface area contributed by atoms with Crippen molar-refractivity contribution in [2.45, 2.75) is 32.7 Å². The first-order chi connectivity index (χ1) is 9.63. The van der Waals surface area contributed by atoms with Crippen LogP contribution in [0, 0.1) is 6.92 Å². The summed E-state index contributed by atoms with van der Waals surface area (Å²) in [5.74, 6) is 0. The lowest BCUT2D eigenvalue weighted by molar-refractivity contribution is 0.589. The Kier molecular flexibility index (Phi) is 5.38. The molecule has 2 aromatic carbocycles. The molecule has 0 heterocycles. The van der Waals surface area contributed by atoms with Gasteiger partial charge in [0.05, 0.1) is 0 Å². The van der Waals surface area contributed by atoms with E-state index in [2.05, 4.69) is 77.6 Å². The highest BCUT2D eigenvalue weighted by molar-refractivity contribution is 9.10. The first-order valence-corrected chi connectivity index (χ1v) is 7.94. The molecule has 0 aliphatic heterocycles. The lowest BCUT2D eigenvalue weighted by Crippen LogP contribution is -2.19. The molecule has 0 saturated heterocycles. The van der Waals surface area contributed by atoms with E-state index in [1.54, 1.807) is 0 Å². The van der Waals surface area contributed by atoms with E-state index in [0.29, 0.717) is 6.04 Å². The SMILES string of the molecule is CCc1ccc(CC(NC)c2ccc(C)cc2Br)cc1. The minimum Gasteiger partial charge on any atom is -0.313 e. The predicted octanol–water partition coefficient (Wildman–Crippen LogP) is 4.82. The number of hydrogen-bond acceptors (Lipinski definition) is 1. The first-order valence-electron chi connectivity index (χ1n) is 7.15. The number of rotatable bonds is 5. The van der Waals surface area contributed by atoms with Crippen molar-refractivity contribution in [2.24, 2.45) is 0 Å². The van der Waals surface area contributed by atoms with Crippen LogP contribution in [0.4, 0.5) is 0 Å². The summed E-state index contributed by atoms with van der Waals surface area (Å²) in [6.45, 7) is 4.31. The smallest absolute Gasteiger partial charge is 0.0369 e. The zero-order chi connectivity index (χ0) is 14.5. The first kappa shape index (κ1) is 15.3. The van der Waals surface area contributed by atoms with E-state index in [1.165, 1.54) is 26.7 Å². The monoisotopic (exact) mass is 331 g/mol. The van der Waals surface area contributed by atoms with E-state index in [1.807, 2.05) is 7.05 Å². The van der Waals surface area contributed by atoms with E-state index in [9.17, 15) is 0 Å². The third kappa shape index (κ3) is 3.71. The van der Waals surface area contributed by atoms with E-state index in [4.69, 9.17) is 0 Å². The van der Waals surface area contributed by atoms with Gasteiger partial charge in [0.15, 0.2) is 0 Å². The average molecular weight is 332 g/mol. The van der Waals surface area contributed by atoms with Crippen molar-refractivity contribution in [1.29, 1.82) is 0 Å². The van der Waals surface area contributed by atoms with Gasteiger partial charge in [-0.2, -0.15) is 0 Å².